The van der Waals surface area contributed by atoms with Crippen molar-refractivity contribution in [3.05, 3.63) is 60.2 Å². The second kappa shape index (κ2) is 4.77. The molecule has 2 unspecified atom stereocenters. The van der Waals surface area contributed by atoms with E-state index in [2.05, 4.69) is 28.4 Å². The summed E-state index contributed by atoms with van der Waals surface area (Å²) in [5.74, 6) is -0.245. The number of hydrogen-bond acceptors (Lipinski definition) is 3. The first-order valence-corrected chi connectivity index (χ1v) is 7.64. The number of primary amides is 1. The molecule has 0 radical (unpaired) electrons. The molecule has 4 heteroatoms. The molecule has 22 heavy (non-hydrogen) atoms. The van der Waals surface area contributed by atoms with Crippen molar-refractivity contribution in [3.8, 4) is 0 Å². The van der Waals surface area contributed by atoms with Crippen LogP contribution in [-0.4, -0.2) is 25.0 Å². The molecule has 3 N–H and O–H groups in total. The number of nitrogens with one attached hydrogen (secondary N) is 1. The van der Waals surface area contributed by atoms with Gasteiger partial charge in [0.15, 0.2) is 0 Å². The van der Waals surface area contributed by atoms with E-state index in [0.29, 0.717) is 0 Å². The molecule has 112 valence electrons. The Morgan fingerprint density at radius 2 is 1.86 bits per heavy atom. The molecule has 1 saturated heterocycles. The monoisotopic (exact) mass is 293 g/mol. The molecule has 4 nitrogen and oxygen atoms in total. The van der Waals surface area contributed by atoms with Crippen molar-refractivity contribution in [2.24, 2.45) is 5.73 Å². The highest BCUT2D eigenvalue weighted by Crippen LogP contribution is 2.46. The minimum atomic E-state index is -0.254. The van der Waals surface area contributed by atoms with Gasteiger partial charge in [0.25, 0.3) is 0 Å². The summed E-state index contributed by atoms with van der Waals surface area (Å²) in [5.41, 5.74) is 9.21. The largest absolute Gasteiger partial charge is 0.384 e. The summed E-state index contributed by atoms with van der Waals surface area (Å²) in [4.78, 5) is 14.2. The molecule has 2 aromatic rings. The maximum Gasteiger partial charge on any atom is 0.240 e. The zero-order valence-corrected chi connectivity index (χ0v) is 12.3. The topological polar surface area (TPSA) is 58.4 Å². The zero-order chi connectivity index (χ0) is 15.2. The summed E-state index contributed by atoms with van der Waals surface area (Å²) in [6.07, 6.45) is 0.765. The highest BCUT2D eigenvalue weighted by atomic mass is 16.1. The fourth-order valence-electron chi connectivity index (χ4n) is 3.91. The molecule has 2 aromatic carbocycles. The molecule has 4 rings (SSSR count). The molecular formula is C18H19N3O. The number of nitrogens with zero attached hydrogens (tertiary/aromatic N) is 1. The third-order valence-corrected chi connectivity index (χ3v) is 4.97. The fourth-order valence-corrected chi connectivity index (χ4v) is 3.91. The Bertz CT molecular complexity index is 715. The Morgan fingerprint density at radius 1 is 1.14 bits per heavy atom. The van der Waals surface area contributed by atoms with E-state index in [1.54, 1.807) is 0 Å². The molecule has 2 aliphatic heterocycles. The summed E-state index contributed by atoms with van der Waals surface area (Å²) in [7, 11) is 0. The molecule has 0 bridgehead atoms. The maximum absolute atomic E-state index is 12.0. The van der Waals surface area contributed by atoms with Crippen LogP contribution in [0.5, 0.6) is 0 Å². The Hall–Kier alpha value is -2.49. The van der Waals surface area contributed by atoms with Crippen molar-refractivity contribution in [1.82, 2.24) is 0 Å². The van der Waals surface area contributed by atoms with Gasteiger partial charge in [-0.2, -0.15) is 0 Å². The minimum absolute atomic E-state index is 0.0356. The molecule has 0 saturated carbocycles. The Labute approximate surface area is 129 Å². The fraction of sp³-hybridized carbons (Fsp3) is 0.278. The van der Waals surface area contributed by atoms with Crippen molar-refractivity contribution >= 4 is 17.3 Å². The van der Waals surface area contributed by atoms with E-state index in [-0.39, 0.29) is 17.4 Å². The number of para-hydroxylation sites is 2. The van der Waals surface area contributed by atoms with Gasteiger partial charge in [-0.3, -0.25) is 4.79 Å². The lowest BCUT2D eigenvalue weighted by molar-refractivity contribution is -0.119. The third kappa shape index (κ3) is 1.87. The number of carbonyl (C=O) groups is 1. The Kier molecular flexibility index (Phi) is 2.86. The van der Waals surface area contributed by atoms with Gasteiger partial charge < -0.3 is 16.0 Å². The van der Waals surface area contributed by atoms with Gasteiger partial charge in [0, 0.05) is 29.9 Å². The van der Waals surface area contributed by atoms with Crippen LogP contribution >= 0.6 is 0 Å². The third-order valence-electron chi connectivity index (χ3n) is 4.97. The summed E-state index contributed by atoms with van der Waals surface area (Å²) in [5, 5.41) is 3.49. The quantitative estimate of drug-likeness (QED) is 0.891. The second-order valence-electron chi connectivity index (χ2n) is 6.27. The SMILES string of the molecule is NC(=O)C1CC2(CNc3ccccc32)CN1c1ccccc1. The molecule has 0 aromatic heterocycles. The average molecular weight is 293 g/mol. The first kappa shape index (κ1) is 13.2. The number of benzene rings is 2. The normalized spacial score (nSPS) is 26.0. The van der Waals surface area contributed by atoms with Crippen LogP contribution in [0.3, 0.4) is 0 Å². The predicted molar refractivity (Wildman–Crippen MR) is 88.0 cm³/mol. The van der Waals surface area contributed by atoms with E-state index >= 15 is 0 Å². The molecule has 1 spiro atoms. The van der Waals surface area contributed by atoms with Crippen molar-refractivity contribution in [1.29, 1.82) is 0 Å². The maximum atomic E-state index is 12.0. The van der Waals surface area contributed by atoms with Crippen LogP contribution < -0.4 is 16.0 Å². The number of anilines is 2. The van der Waals surface area contributed by atoms with E-state index in [9.17, 15) is 4.79 Å². The average Bonchev–Trinajstić information content (AvgIpc) is 3.12. The van der Waals surface area contributed by atoms with E-state index in [0.717, 1.165) is 25.2 Å². The van der Waals surface area contributed by atoms with E-state index in [4.69, 9.17) is 5.73 Å². The first-order valence-electron chi connectivity index (χ1n) is 7.64. The molecule has 2 aliphatic rings. The van der Waals surface area contributed by atoms with E-state index in [1.165, 1.54) is 11.3 Å². The molecular weight excluding hydrogens is 274 g/mol. The van der Waals surface area contributed by atoms with Crippen molar-refractivity contribution in [3.63, 3.8) is 0 Å². The van der Waals surface area contributed by atoms with Crippen LogP contribution in [0.15, 0.2) is 54.6 Å². The Morgan fingerprint density at radius 3 is 2.64 bits per heavy atom. The van der Waals surface area contributed by atoms with Crippen LogP contribution in [0.25, 0.3) is 0 Å². The standard InChI is InChI=1S/C18H19N3O/c19-17(22)16-10-18(11-20-15-9-5-4-8-14(15)18)12-21(16)13-6-2-1-3-7-13/h1-9,16,20H,10-12H2,(H2,19,22). The van der Waals surface area contributed by atoms with Crippen LogP contribution in [0.2, 0.25) is 0 Å². The second-order valence-corrected chi connectivity index (χ2v) is 6.27. The minimum Gasteiger partial charge on any atom is -0.384 e. The van der Waals surface area contributed by atoms with Gasteiger partial charge in [-0.1, -0.05) is 36.4 Å². The zero-order valence-electron chi connectivity index (χ0n) is 12.3. The van der Waals surface area contributed by atoms with Gasteiger partial charge in [0.2, 0.25) is 5.91 Å². The number of amides is 1. The number of carbonyl (C=O) groups excluding carboxylic acids is 1. The van der Waals surface area contributed by atoms with Crippen LogP contribution in [-0.2, 0) is 10.2 Å². The number of fused-ring (bicyclic) bond motifs is 2. The van der Waals surface area contributed by atoms with Gasteiger partial charge in [-0.25, -0.2) is 0 Å². The highest BCUT2D eigenvalue weighted by Gasteiger charge is 2.50. The first-order chi connectivity index (χ1) is 10.7. The summed E-state index contributed by atoms with van der Waals surface area (Å²) < 4.78 is 0. The van der Waals surface area contributed by atoms with Crippen molar-refractivity contribution in [2.75, 3.05) is 23.3 Å². The van der Waals surface area contributed by atoms with E-state index in [1.807, 2.05) is 36.4 Å². The summed E-state index contributed by atoms with van der Waals surface area (Å²) >= 11 is 0. The lowest BCUT2D eigenvalue weighted by Crippen LogP contribution is -2.40. The molecule has 2 atom stereocenters. The van der Waals surface area contributed by atoms with Crippen LogP contribution in [0.1, 0.15) is 12.0 Å². The Balaban J connectivity index is 1.76. The van der Waals surface area contributed by atoms with Gasteiger partial charge in [-0.05, 0) is 30.2 Å². The summed E-state index contributed by atoms with van der Waals surface area (Å²) in [6.45, 7) is 1.67. The molecule has 1 amide bonds. The molecule has 1 fully saturated rings. The lowest BCUT2D eigenvalue weighted by Gasteiger charge is -2.26. The van der Waals surface area contributed by atoms with Crippen LogP contribution in [0.4, 0.5) is 11.4 Å². The predicted octanol–water partition coefficient (Wildman–Crippen LogP) is 2.11. The van der Waals surface area contributed by atoms with E-state index < -0.39 is 0 Å². The van der Waals surface area contributed by atoms with Gasteiger partial charge in [-0.15, -0.1) is 0 Å². The smallest absolute Gasteiger partial charge is 0.240 e. The van der Waals surface area contributed by atoms with Crippen LogP contribution in [0, 0.1) is 0 Å². The number of rotatable bonds is 2. The number of hydrogen-bond donors (Lipinski definition) is 2. The van der Waals surface area contributed by atoms with Crippen molar-refractivity contribution in [2.45, 2.75) is 17.9 Å². The van der Waals surface area contributed by atoms with Crippen molar-refractivity contribution < 1.29 is 4.79 Å². The molecule has 0 aliphatic carbocycles. The highest BCUT2D eigenvalue weighted by molar-refractivity contribution is 5.85. The van der Waals surface area contributed by atoms with Gasteiger partial charge >= 0.3 is 0 Å². The number of nitrogens with two attached hydrogens (primary N) is 1. The van der Waals surface area contributed by atoms with Gasteiger partial charge in [0.05, 0.1) is 0 Å². The lowest BCUT2D eigenvalue weighted by atomic mass is 9.80. The van der Waals surface area contributed by atoms with Gasteiger partial charge in [0.1, 0.15) is 6.04 Å². The molecule has 2 heterocycles. The summed E-state index contributed by atoms with van der Waals surface area (Å²) in [6, 6.07) is 18.2.